The number of benzene rings is 1. The van der Waals surface area contributed by atoms with Crippen molar-refractivity contribution in [3.05, 3.63) is 68.0 Å². The van der Waals surface area contributed by atoms with Crippen LogP contribution in [0.15, 0.2) is 40.0 Å². The van der Waals surface area contributed by atoms with Crippen molar-refractivity contribution in [2.24, 2.45) is 0 Å². The van der Waals surface area contributed by atoms with Crippen LogP contribution in [0.4, 0.5) is 0 Å². The minimum atomic E-state index is -0.182. The number of carbonyl (C=O) groups excluding carboxylic acids is 1. The van der Waals surface area contributed by atoms with Gasteiger partial charge in [-0.05, 0) is 17.7 Å². The molecule has 10 heteroatoms. The second-order valence-electron chi connectivity index (χ2n) is 8.67. The van der Waals surface area contributed by atoms with E-state index >= 15 is 0 Å². The van der Waals surface area contributed by atoms with Gasteiger partial charge in [-0.25, -0.2) is 4.98 Å². The van der Waals surface area contributed by atoms with E-state index in [-0.39, 0.29) is 11.5 Å². The topological polar surface area (TPSA) is 86.1 Å². The number of thiazole rings is 1. The van der Waals surface area contributed by atoms with Crippen molar-refractivity contribution in [3.8, 4) is 17.2 Å². The van der Waals surface area contributed by atoms with Crippen molar-refractivity contribution in [1.29, 1.82) is 0 Å². The van der Waals surface area contributed by atoms with Crippen LogP contribution in [0, 0.1) is 0 Å². The summed E-state index contributed by atoms with van der Waals surface area (Å²) in [6.07, 6.45) is 0.558. The van der Waals surface area contributed by atoms with Crippen LogP contribution in [0.2, 0.25) is 0 Å². The molecule has 1 amide bonds. The molecule has 0 spiro atoms. The molecule has 0 bridgehead atoms. The molecule has 0 fully saturated rings. The van der Waals surface area contributed by atoms with Gasteiger partial charge >= 0.3 is 0 Å². The Bertz CT molecular complexity index is 1270. The zero-order chi connectivity index (χ0) is 24.4. The average Bonchev–Trinajstić information content (AvgIpc) is 3.29. The maximum Gasteiger partial charge on any atom is 0.259 e. The van der Waals surface area contributed by atoms with Crippen LogP contribution in [0.1, 0.15) is 27.3 Å². The van der Waals surface area contributed by atoms with Crippen LogP contribution >= 0.6 is 11.3 Å². The molecule has 3 aromatic rings. The molecule has 184 valence electrons. The van der Waals surface area contributed by atoms with Gasteiger partial charge in [0.15, 0.2) is 11.5 Å². The number of aromatic nitrogens is 2. The number of fused-ring (bicyclic) bond motifs is 2. The first-order valence-electron chi connectivity index (χ1n) is 11.6. The third-order valence-corrected chi connectivity index (χ3v) is 7.00. The van der Waals surface area contributed by atoms with Gasteiger partial charge in [0.2, 0.25) is 0 Å². The Morgan fingerprint density at radius 2 is 2.00 bits per heavy atom. The molecule has 1 aromatic carbocycles. The van der Waals surface area contributed by atoms with Crippen LogP contribution in [-0.2, 0) is 26.1 Å². The van der Waals surface area contributed by atoms with Crippen LogP contribution in [-0.4, -0.2) is 65.7 Å². The van der Waals surface area contributed by atoms with Crippen molar-refractivity contribution in [1.82, 2.24) is 19.4 Å². The lowest BCUT2D eigenvalue weighted by molar-refractivity contribution is 0.0777. The maximum absolute atomic E-state index is 13.5. The Labute approximate surface area is 207 Å². The highest BCUT2D eigenvalue weighted by Crippen LogP contribution is 2.31. The molecule has 2 aromatic heterocycles. The van der Waals surface area contributed by atoms with Crippen molar-refractivity contribution in [3.63, 3.8) is 0 Å². The molecule has 0 aliphatic carbocycles. The lowest BCUT2D eigenvalue weighted by Crippen LogP contribution is -2.32. The summed E-state index contributed by atoms with van der Waals surface area (Å²) in [6.45, 7) is 4.11. The van der Waals surface area contributed by atoms with Crippen LogP contribution in [0.25, 0.3) is 0 Å². The highest BCUT2D eigenvalue weighted by Gasteiger charge is 2.27. The monoisotopic (exact) mass is 496 g/mol. The van der Waals surface area contributed by atoms with Gasteiger partial charge in [0, 0.05) is 56.8 Å². The lowest BCUT2D eigenvalue weighted by atomic mass is 10.1. The summed E-state index contributed by atoms with van der Waals surface area (Å²) in [5.74, 6) is 1.67. The number of nitrogens with zero attached hydrogens (tertiary/aromatic N) is 4. The summed E-state index contributed by atoms with van der Waals surface area (Å²) in [5, 5.41) is 1.92. The van der Waals surface area contributed by atoms with E-state index in [4.69, 9.17) is 14.2 Å². The van der Waals surface area contributed by atoms with E-state index in [2.05, 4.69) is 9.88 Å². The molecule has 0 unspecified atom stereocenters. The molecular weight excluding hydrogens is 468 g/mol. The molecule has 0 saturated heterocycles. The molecular formula is C25H28N4O5S. The summed E-state index contributed by atoms with van der Waals surface area (Å²) in [5.41, 5.74) is 4.70. The van der Waals surface area contributed by atoms with Gasteiger partial charge < -0.3 is 23.7 Å². The van der Waals surface area contributed by atoms with Gasteiger partial charge in [0.1, 0.15) is 24.5 Å². The van der Waals surface area contributed by atoms with Crippen molar-refractivity contribution in [2.75, 3.05) is 40.5 Å². The van der Waals surface area contributed by atoms with Crippen molar-refractivity contribution in [2.45, 2.75) is 26.1 Å². The smallest absolute Gasteiger partial charge is 0.259 e. The second kappa shape index (κ2) is 10.1. The number of carbonyl (C=O) groups is 1. The fourth-order valence-electron chi connectivity index (χ4n) is 4.61. The van der Waals surface area contributed by atoms with Crippen molar-refractivity contribution < 1.29 is 19.0 Å². The lowest BCUT2D eigenvalue weighted by Gasteiger charge is -2.22. The number of ether oxygens (including phenoxy) is 3. The van der Waals surface area contributed by atoms with E-state index in [9.17, 15) is 9.59 Å². The van der Waals surface area contributed by atoms with Gasteiger partial charge in [-0.3, -0.25) is 14.5 Å². The average molecular weight is 497 g/mol. The fraction of sp³-hybridized carbons (Fsp3) is 0.400. The quantitative estimate of drug-likeness (QED) is 0.518. The number of hydrogen-bond acceptors (Lipinski definition) is 8. The Morgan fingerprint density at radius 1 is 1.17 bits per heavy atom. The van der Waals surface area contributed by atoms with E-state index in [1.165, 1.54) is 24.5 Å². The molecule has 0 radical (unpaired) electrons. The van der Waals surface area contributed by atoms with Crippen molar-refractivity contribution >= 4 is 17.2 Å². The molecule has 0 saturated carbocycles. The molecule has 35 heavy (non-hydrogen) atoms. The van der Waals surface area contributed by atoms with Crippen LogP contribution < -0.4 is 19.8 Å². The molecule has 2 aliphatic heterocycles. The standard InChI is InChI=1S/C25H28N4O5S/c1-27(14-18-15-35-16-26-18)25(31)24-19-5-6-28(7-8-29(19)23(30)12-22(24)32-2)13-17-3-4-20-21(11-17)34-10-9-33-20/h3-4,11-12,15-16H,5-10,13-14H2,1-2H3. The highest BCUT2D eigenvalue weighted by molar-refractivity contribution is 7.07. The fourth-order valence-corrected chi connectivity index (χ4v) is 5.16. The summed E-state index contributed by atoms with van der Waals surface area (Å²) in [4.78, 5) is 34.6. The molecule has 0 N–H and O–H groups in total. The third-order valence-electron chi connectivity index (χ3n) is 6.36. The van der Waals surface area contributed by atoms with Crippen LogP contribution in [0.3, 0.4) is 0 Å². The van der Waals surface area contributed by atoms with Gasteiger partial charge in [0.25, 0.3) is 11.5 Å². The molecule has 9 nitrogen and oxygen atoms in total. The van der Waals surface area contributed by atoms with E-state index < -0.39 is 0 Å². The number of methoxy groups -OCH3 is 1. The minimum absolute atomic E-state index is 0.156. The van der Waals surface area contributed by atoms with E-state index in [0.717, 1.165) is 22.8 Å². The zero-order valence-corrected chi connectivity index (χ0v) is 20.7. The molecule has 4 heterocycles. The Balaban J connectivity index is 1.38. The Morgan fingerprint density at radius 3 is 2.77 bits per heavy atom. The largest absolute Gasteiger partial charge is 0.496 e. The SMILES string of the molecule is COc1cc(=O)n2c(c1C(=O)N(C)Cc1cscn1)CCN(Cc1ccc3c(c1)OCCO3)CC2. The third kappa shape index (κ3) is 4.89. The Kier molecular flexibility index (Phi) is 6.74. The van der Waals surface area contributed by atoms with Gasteiger partial charge in [-0.2, -0.15) is 0 Å². The van der Waals surface area contributed by atoms with Gasteiger partial charge in [-0.1, -0.05) is 6.07 Å². The molecule has 5 rings (SSSR count). The summed E-state index contributed by atoms with van der Waals surface area (Å²) in [6, 6.07) is 7.43. The Hall–Kier alpha value is -3.37. The molecule has 2 aliphatic rings. The predicted octanol–water partition coefficient (Wildman–Crippen LogP) is 2.42. The predicted molar refractivity (Wildman–Crippen MR) is 132 cm³/mol. The van der Waals surface area contributed by atoms with E-state index in [0.29, 0.717) is 69.4 Å². The van der Waals surface area contributed by atoms with Gasteiger partial charge in [0.05, 0.1) is 24.9 Å². The summed E-state index contributed by atoms with van der Waals surface area (Å²) >= 11 is 1.49. The highest BCUT2D eigenvalue weighted by atomic mass is 32.1. The number of pyridine rings is 1. The zero-order valence-electron chi connectivity index (χ0n) is 19.9. The number of hydrogen-bond donors (Lipinski definition) is 0. The number of rotatable bonds is 6. The maximum atomic E-state index is 13.5. The van der Waals surface area contributed by atoms with E-state index in [1.807, 2.05) is 23.6 Å². The first-order valence-corrected chi connectivity index (χ1v) is 12.5. The summed E-state index contributed by atoms with van der Waals surface area (Å²) in [7, 11) is 3.24. The summed E-state index contributed by atoms with van der Waals surface area (Å²) < 4.78 is 18.6. The second-order valence-corrected chi connectivity index (χ2v) is 9.39. The number of amides is 1. The van der Waals surface area contributed by atoms with E-state index in [1.54, 1.807) is 22.0 Å². The van der Waals surface area contributed by atoms with Gasteiger partial charge in [-0.15, -0.1) is 11.3 Å². The molecule has 0 atom stereocenters. The minimum Gasteiger partial charge on any atom is -0.496 e. The first-order chi connectivity index (χ1) is 17.0. The normalized spacial score (nSPS) is 15.3. The first kappa shape index (κ1) is 23.4. The van der Waals surface area contributed by atoms with Crippen LogP contribution in [0.5, 0.6) is 17.2 Å².